The molecule has 0 aliphatic rings. The molecule has 0 saturated heterocycles. The molecule has 0 aromatic carbocycles. The fourth-order valence-electron chi connectivity index (χ4n) is 1.20. The Morgan fingerprint density at radius 2 is 2.05 bits per heavy atom. The number of thiophene rings is 1. The third-order valence-electron chi connectivity index (χ3n) is 2.13. The number of carboxylic acid groups (broad SMARTS) is 1. The summed E-state index contributed by atoms with van der Waals surface area (Å²) in [6.45, 7) is -0.234. The Kier molecular flexibility index (Phi) is 6.40. The molecule has 0 unspecified atom stereocenters. The van der Waals surface area contributed by atoms with Crippen LogP contribution in [0.25, 0.3) is 0 Å². The fourth-order valence-corrected chi connectivity index (χ4v) is 3.71. The highest BCUT2D eigenvalue weighted by atomic mass is 35.5. The lowest BCUT2D eigenvalue weighted by Gasteiger charge is -2.06. The van der Waals surface area contributed by atoms with Gasteiger partial charge in [-0.25, -0.2) is 13.1 Å². The lowest BCUT2D eigenvalue weighted by Crippen LogP contribution is -2.37. The average molecular weight is 341 g/mol. The quantitative estimate of drug-likeness (QED) is 0.602. The van der Waals surface area contributed by atoms with Crippen LogP contribution in [0.3, 0.4) is 0 Å². The Morgan fingerprint density at radius 1 is 1.35 bits per heavy atom. The standard InChI is InChI=1S/C10H13ClN2O5S2/c11-7-3-4-10(19-7)20(17,18)13-6-8(14)12-5-1-2-9(15)16/h3-4,13H,1-2,5-6H2,(H,12,14)(H,15,16). The van der Waals surface area contributed by atoms with E-state index in [1.807, 2.05) is 0 Å². The fraction of sp³-hybridized carbons (Fsp3) is 0.400. The van der Waals surface area contributed by atoms with Crippen LogP contribution in [0.2, 0.25) is 4.34 Å². The molecule has 0 fully saturated rings. The second-order valence-electron chi connectivity index (χ2n) is 3.73. The molecule has 0 radical (unpaired) electrons. The third-order valence-corrected chi connectivity index (χ3v) is 5.25. The Morgan fingerprint density at radius 3 is 2.60 bits per heavy atom. The molecule has 0 atom stereocenters. The Balaban J connectivity index is 2.35. The number of carboxylic acids is 1. The number of carbonyl (C=O) groups excluding carboxylic acids is 1. The smallest absolute Gasteiger partial charge is 0.303 e. The number of hydrogen-bond donors (Lipinski definition) is 3. The zero-order chi connectivity index (χ0) is 15.2. The van der Waals surface area contributed by atoms with Crippen molar-refractivity contribution < 1.29 is 23.1 Å². The van der Waals surface area contributed by atoms with Crippen molar-refractivity contribution in [1.82, 2.24) is 10.0 Å². The van der Waals surface area contributed by atoms with Crippen LogP contribution < -0.4 is 10.0 Å². The summed E-state index contributed by atoms with van der Waals surface area (Å²) >= 11 is 6.53. The first kappa shape index (κ1) is 16.9. The maximum atomic E-state index is 11.8. The van der Waals surface area contributed by atoms with Crippen molar-refractivity contribution in [2.75, 3.05) is 13.1 Å². The zero-order valence-electron chi connectivity index (χ0n) is 10.3. The topological polar surface area (TPSA) is 113 Å². The van der Waals surface area contributed by atoms with Crippen molar-refractivity contribution in [3.63, 3.8) is 0 Å². The van der Waals surface area contributed by atoms with Crippen LogP contribution in [0.4, 0.5) is 0 Å². The second kappa shape index (κ2) is 7.58. The van der Waals surface area contributed by atoms with Gasteiger partial charge in [0.05, 0.1) is 10.9 Å². The number of sulfonamides is 1. The van der Waals surface area contributed by atoms with Crippen LogP contribution in [0.1, 0.15) is 12.8 Å². The number of amides is 1. The van der Waals surface area contributed by atoms with Gasteiger partial charge in [-0.1, -0.05) is 11.6 Å². The van der Waals surface area contributed by atoms with Crippen LogP contribution in [0, 0.1) is 0 Å². The van der Waals surface area contributed by atoms with Gasteiger partial charge in [0.25, 0.3) is 10.0 Å². The van der Waals surface area contributed by atoms with E-state index in [1.54, 1.807) is 0 Å². The van der Waals surface area contributed by atoms with Crippen LogP contribution in [0.15, 0.2) is 16.3 Å². The van der Waals surface area contributed by atoms with Gasteiger partial charge in [-0.2, -0.15) is 0 Å². The van der Waals surface area contributed by atoms with Crippen molar-refractivity contribution in [2.24, 2.45) is 0 Å². The molecule has 1 aromatic rings. The van der Waals surface area contributed by atoms with Gasteiger partial charge >= 0.3 is 5.97 Å². The van der Waals surface area contributed by atoms with E-state index in [-0.39, 0.29) is 23.6 Å². The highest BCUT2D eigenvalue weighted by molar-refractivity contribution is 7.91. The lowest BCUT2D eigenvalue weighted by molar-refractivity contribution is -0.137. The molecule has 0 saturated carbocycles. The Bertz CT molecular complexity index is 584. The molecule has 0 bridgehead atoms. The normalized spacial score (nSPS) is 11.2. The van der Waals surface area contributed by atoms with E-state index in [4.69, 9.17) is 16.7 Å². The molecule has 10 heteroatoms. The highest BCUT2D eigenvalue weighted by Gasteiger charge is 2.17. The molecule has 20 heavy (non-hydrogen) atoms. The number of aliphatic carboxylic acids is 1. The summed E-state index contributed by atoms with van der Waals surface area (Å²) in [4.78, 5) is 21.6. The van der Waals surface area contributed by atoms with Gasteiger partial charge in [-0.15, -0.1) is 11.3 Å². The summed E-state index contributed by atoms with van der Waals surface area (Å²) in [7, 11) is -3.75. The molecule has 112 valence electrons. The van der Waals surface area contributed by atoms with Crippen molar-refractivity contribution in [3.05, 3.63) is 16.5 Å². The summed E-state index contributed by atoms with van der Waals surface area (Å²) < 4.78 is 26.0. The summed E-state index contributed by atoms with van der Waals surface area (Å²) in [6.07, 6.45) is 0.230. The molecule has 1 aromatic heterocycles. The predicted molar refractivity (Wildman–Crippen MR) is 74.4 cm³/mol. The first-order chi connectivity index (χ1) is 9.31. The minimum Gasteiger partial charge on any atom is -0.481 e. The van der Waals surface area contributed by atoms with Crippen LogP contribution in [-0.2, 0) is 19.6 Å². The summed E-state index contributed by atoms with van der Waals surface area (Å²) in [6, 6.07) is 2.80. The number of halogens is 1. The lowest BCUT2D eigenvalue weighted by atomic mass is 10.3. The molecular formula is C10H13ClN2O5S2. The highest BCUT2D eigenvalue weighted by Crippen LogP contribution is 2.25. The third kappa shape index (κ3) is 5.87. The van der Waals surface area contributed by atoms with Gasteiger partial charge < -0.3 is 10.4 Å². The van der Waals surface area contributed by atoms with Gasteiger partial charge in [0.1, 0.15) is 4.21 Å². The molecule has 1 amide bonds. The molecule has 0 aliphatic carbocycles. The summed E-state index contributed by atoms with van der Waals surface area (Å²) in [5.41, 5.74) is 0. The van der Waals surface area contributed by atoms with Gasteiger partial charge in [0.2, 0.25) is 5.91 Å². The molecule has 7 nitrogen and oxygen atoms in total. The van der Waals surface area contributed by atoms with Crippen molar-refractivity contribution in [3.8, 4) is 0 Å². The van der Waals surface area contributed by atoms with Crippen molar-refractivity contribution in [2.45, 2.75) is 17.1 Å². The monoisotopic (exact) mass is 340 g/mol. The van der Waals surface area contributed by atoms with Gasteiger partial charge in [0.15, 0.2) is 0 Å². The van der Waals surface area contributed by atoms with Gasteiger partial charge in [-0.3, -0.25) is 9.59 Å². The number of nitrogens with one attached hydrogen (secondary N) is 2. The van der Waals surface area contributed by atoms with Gasteiger partial charge in [-0.05, 0) is 18.6 Å². The number of carbonyl (C=O) groups is 2. The molecule has 1 rings (SSSR count). The van der Waals surface area contributed by atoms with E-state index in [0.717, 1.165) is 11.3 Å². The average Bonchev–Trinajstić information content (AvgIpc) is 2.79. The second-order valence-corrected chi connectivity index (χ2v) is 7.44. The first-order valence-electron chi connectivity index (χ1n) is 5.55. The minimum absolute atomic E-state index is 0.0289. The summed E-state index contributed by atoms with van der Waals surface area (Å²) in [5.74, 6) is -1.48. The van der Waals surface area contributed by atoms with E-state index in [2.05, 4.69) is 10.0 Å². The molecule has 1 heterocycles. The summed E-state index contributed by atoms with van der Waals surface area (Å²) in [5, 5.41) is 10.8. The Labute approximate surface area is 125 Å². The maximum Gasteiger partial charge on any atom is 0.303 e. The van der Waals surface area contributed by atoms with E-state index < -0.39 is 28.4 Å². The van der Waals surface area contributed by atoms with Gasteiger partial charge in [0, 0.05) is 13.0 Å². The van der Waals surface area contributed by atoms with Crippen molar-refractivity contribution in [1.29, 1.82) is 0 Å². The van der Waals surface area contributed by atoms with E-state index in [1.165, 1.54) is 12.1 Å². The molecule has 0 spiro atoms. The maximum absolute atomic E-state index is 11.8. The van der Waals surface area contributed by atoms with Crippen LogP contribution in [0.5, 0.6) is 0 Å². The zero-order valence-corrected chi connectivity index (χ0v) is 12.6. The molecule has 0 aliphatic heterocycles. The molecule has 3 N–H and O–H groups in total. The SMILES string of the molecule is O=C(O)CCCNC(=O)CNS(=O)(=O)c1ccc(Cl)s1. The number of hydrogen-bond acceptors (Lipinski definition) is 5. The van der Waals surface area contributed by atoms with E-state index >= 15 is 0 Å². The largest absolute Gasteiger partial charge is 0.481 e. The van der Waals surface area contributed by atoms with Crippen LogP contribution in [-0.4, -0.2) is 38.5 Å². The van der Waals surface area contributed by atoms with E-state index in [0.29, 0.717) is 4.34 Å². The predicted octanol–water partition coefficient (Wildman–Crippen LogP) is 0.661. The van der Waals surface area contributed by atoms with Crippen molar-refractivity contribution >= 4 is 44.8 Å². The first-order valence-corrected chi connectivity index (χ1v) is 8.22. The van der Waals surface area contributed by atoms with Crippen LogP contribution >= 0.6 is 22.9 Å². The number of rotatable bonds is 8. The Hall–Kier alpha value is -1.16. The molecular weight excluding hydrogens is 328 g/mol. The minimum atomic E-state index is -3.75. The van der Waals surface area contributed by atoms with E-state index in [9.17, 15) is 18.0 Å².